The summed E-state index contributed by atoms with van der Waals surface area (Å²) >= 11 is 3.38. The zero-order chi connectivity index (χ0) is 14.9. The van der Waals surface area contributed by atoms with Gasteiger partial charge in [0, 0.05) is 11.0 Å². The van der Waals surface area contributed by atoms with Crippen LogP contribution in [0.1, 0.15) is 20.3 Å². The fraction of sp³-hybridized carbons (Fsp3) is 0.385. The van der Waals surface area contributed by atoms with E-state index in [4.69, 9.17) is 5.73 Å². The minimum Gasteiger partial charge on any atom is -0.329 e. The Balaban J connectivity index is 2.36. The van der Waals surface area contributed by atoms with E-state index in [0.29, 0.717) is 27.6 Å². The summed E-state index contributed by atoms with van der Waals surface area (Å²) in [4.78, 5) is 28.9. The van der Waals surface area contributed by atoms with Crippen LogP contribution >= 0.6 is 15.9 Å². The fourth-order valence-electron chi connectivity index (χ4n) is 1.82. The van der Waals surface area contributed by atoms with Crippen molar-refractivity contribution in [2.75, 3.05) is 11.9 Å². The number of halogens is 1. The number of carbonyl (C=O) groups excluding carboxylic acids is 1. The summed E-state index contributed by atoms with van der Waals surface area (Å²) in [7, 11) is 0. The van der Waals surface area contributed by atoms with Gasteiger partial charge in [-0.3, -0.25) is 4.79 Å². The Morgan fingerprint density at radius 2 is 2.00 bits per heavy atom. The van der Waals surface area contributed by atoms with Crippen LogP contribution in [0.4, 0.5) is 5.69 Å². The van der Waals surface area contributed by atoms with E-state index in [1.807, 2.05) is 13.8 Å². The first-order valence-corrected chi connectivity index (χ1v) is 7.12. The average Bonchev–Trinajstić information content (AvgIpc) is 2.77. The molecule has 1 heterocycles. The molecule has 0 aliphatic rings. The molecule has 1 unspecified atom stereocenters. The molecule has 0 radical (unpaired) electrons. The van der Waals surface area contributed by atoms with Gasteiger partial charge in [-0.25, -0.2) is 4.79 Å². The van der Waals surface area contributed by atoms with Crippen LogP contribution in [0.15, 0.2) is 21.4 Å². The number of benzene rings is 1. The van der Waals surface area contributed by atoms with Crippen molar-refractivity contribution < 1.29 is 4.79 Å². The van der Waals surface area contributed by atoms with Gasteiger partial charge < -0.3 is 21.0 Å². The van der Waals surface area contributed by atoms with Crippen molar-refractivity contribution in [2.24, 2.45) is 11.1 Å². The number of carbonyl (C=O) groups is 1. The lowest BCUT2D eigenvalue weighted by atomic mass is 9.86. The Morgan fingerprint density at radius 3 is 2.55 bits per heavy atom. The predicted molar refractivity (Wildman–Crippen MR) is 82.7 cm³/mol. The van der Waals surface area contributed by atoms with Gasteiger partial charge in [-0.15, -0.1) is 0 Å². The molecule has 0 bridgehead atoms. The van der Waals surface area contributed by atoms with E-state index in [2.05, 4.69) is 31.2 Å². The zero-order valence-electron chi connectivity index (χ0n) is 11.3. The zero-order valence-corrected chi connectivity index (χ0v) is 12.9. The number of imidazole rings is 1. The minimum atomic E-state index is -0.611. The number of hydrogen-bond donors (Lipinski definition) is 4. The molecule has 0 spiro atoms. The molecule has 0 saturated heterocycles. The molecule has 20 heavy (non-hydrogen) atoms. The van der Waals surface area contributed by atoms with Crippen LogP contribution in [0.5, 0.6) is 0 Å². The van der Waals surface area contributed by atoms with Gasteiger partial charge in [0.25, 0.3) is 0 Å². The van der Waals surface area contributed by atoms with Crippen molar-refractivity contribution >= 4 is 38.6 Å². The van der Waals surface area contributed by atoms with E-state index in [1.54, 1.807) is 12.1 Å². The number of aromatic nitrogens is 2. The molecule has 2 aromatic rings. The summed E-state index contributed by atoms with van der Waals surface area (Å²) in [5.41, 5.74) is 6.70. The maximum absolute atomic E-state index is 12.3. The predicted octanol–water partition coefficient (Wildman–Crippen LogP) is 1.93. The van der Waals surface area contributed by atoms with E-state index >= 15 is 0 Å². The number of hydrogen-bond acceptors (Lipinski definition) is 3. The first kappa shape index (κ1) is 14.8. The lowest BCUT2D eigenvalue weighted by Crippen LogP contribution is -2.39. The summed E-state index contributed by atoms with van der Waals surface area (Å²) in [6, 6.07) is 3.45. The van der Waals surface area contributed by atoms with Gasteiger partial charge >= 0.3 is 5.69 Å². The van der Waals surface area contributed by atoms with E-state index < -0.39 is 5.41 Å². The number of aromatic amines is 2. The molecular formula is C13H17BrN4O2. The van der Waals surface area contributed by atoms with Gasteiger partial charge in [-0.05, 0) is 41.4 Å². The van der Waals surface area contributed by atoms with Crippen LogP contribution in [-0.2, 0) is 4.79 Å². The normalized spacial score (nSPS) is 14.2. The molecular weight excluding hydrogens is 324 g/mol. The van der Waals surface area contributed by atoms with Crippen molar-refractivity contribution in [2.45, 2.75) is 20.3 Å². The van der Waals surface area contributed by atoms with E-state index in [9.17, 15) is 9.59 Å². The van der Waals surface area contributed by atoms with E-state index in [0.717, 1.165) is 0 Å². The number of nitrogens with one attached hydrogen (secondary N) is 3. The Bertz CT molecular complexity index is 700. The standard InChI is InChI=1S/C13H17BrN4O2/c1-3-13(2,6-15)11(19)16-8-5-10-9(4-7(8)14)17-12(20)18-10/h4-5H,3,6,15H2,1-2H3,(H,16,19)(H2,17,18,20). The summed E-state index contributed by atoms with van der Waals surface area (Å²) < 4.78 is 0.698. The third kappa shape index (κ3) is 2.64. The second-order valence-corrected chi connectivity index (χ2v) is 5.88. The van der Waals surface area contributed by atoms with Crippen LogP contribution in [0.25, 0.3) is 11.0 Å². The second kappa shape index (κ2) is 5.41. The smallest absolute Gasteiger partial charge is 0.323 e. The van der Waals surface area contributed by atoms with Crippen LogP contribution in [0.2, 0.25) is 0 Å². The molecule has 0 saturated carbocycles. The minimum absolute atomic E-state index is 0.138. The number of rotatable bonds is 4. The maximum Gasteiger partial charge on any atom is 0.323 e. The van der Waals surface area contributed by atoms with Crippen LogP contribution in [0.3, 0.4) is 0 Å². The first-order chi connectivity index (χ1) is 9.39. The first-order valence-electron chi connectivity index (χ1n) is 6.32. The SMILES string of the molecule is CCC(C)(CN)C(=O)Nc1cc2[nH]c(=O)[nH]c2cc1Br. The average molecular weight is 341 g/mol. The lowest BCUT2D eigenvalue weighted by molar-refractivity contribution is -0.124. The van der Waals surface area contributed by atoms with Crippen molar-refractivity contribution in [3.8, 4) is 0 Å². The van der Waals surface area contributed by atoms with Crippen molar-refractivity contribution in [3.05, 3.63) is 27.1 Å². The quantitative estimate of drug-likeness (QED) is 0.683. The highest BCUT2D eigenvalue weighted by Crippen LogP contribution is 2.29. The Morgan fingerprint density at radius 1 is 1.40 bits per heavy atom. The van der Waals surface area contributed by atoms with Gasteiger partial charge in [0.15, 0.2) is 0 Å². The van der Waals surface area contributed by atoms with Crippen molar-refractivity contribution in [1.82, 2.24) is 9.97 Å². The van der Waals surface area contributed by atoms with Gasteiger partial charge in [-0.1, -0.05) is 6.92 Å². The molecule has 0 aliphatic carbocycles. The van der Waals surface area contributed by atoms with Gasteiger partial charge in [0.1, 0.15) is 0 Å². The third-order valence-corrected chi connectivity index (χ3v) is 4.29. The highest BCUT2D eigenvalue weighted by molar-refractivity contribution is 9.10. The van der Waals surface area contributed by atoms with E-state index in [1.165, 1.54) is 0 Å². The van der Waals surface area contributed by atoms with Gasteiger partial charge in [0.05, 0.1) is 22.1 Å². The summed E-state index contributed by atoms with van der Waals surface area (Å²) in [5.74, 6) is -0.138. The van der Waals surface area contributed by atoms with Crippen LogP contribution < -0.4 is 16.7 Å². The number of nitrogens with two attached hydrogens (primary N) is 1. The summed E-state index contributed by atoms with van der Waals surface area (Å²) in [6.07, 6.45) is 0.649. The largest absolute Gasteiger partial charge is 0.329 e. The molecule has 108 valence electrons. The molecule has 1 atom stereocenters. The van der Waals surface area contributed by atoms with Crippen LogP contribution in [-0.4, -0.2) is 22.4 Å². The Labute approximate surface area is 124 Å². The maximum atomic E-state index is 12.3. The number of H-pyrrole nitrogens is 2. The monoisotopic (exact) mass is 340 g/mol. The molecule has 6 nitrogen and oxygen atoms in total. The molecule has 1 aromatic carbocycles. The number of anilines is 1. The van der Waals surface area contributed by atoms with E-state index in [-0.39, 0.29) is 18.1 Å². The molecule has 5 N–H and O–H groups in total. The Kier molecular flexibility index (Phi) is 4.01. The molecule has 0 fully saturated rings. The molecule has 2 rings (SSSR count). The number of fused-ring (bicyclic) bond motifs is 1. The molecule has 7 heteroatoms. The number of amides is 1. The molecule has 1 amide bonds. The van der Waals surface area contributed by atoms with Gasteiger partial charge in [0.2, 0.25) is 5.91 Å². The highest BCUT2D eigenvalue weighted by atomic mass is 79.9. The lowest BCUT2D eigenvalue weighted by Gasteiger charge is -2.25. The molecule has 1 aromatic heterocycles. The molecule has 0 aliphatic heterocycles. The summed E-state index contributed by atoms with van der Waals surface area (Å²) in [6.45, 7) is 4.03. The van der Waals surface area contributed by atoms with Crippen molar-refractivity contribution in [3.63, 3.8) is 0 Å². The van der Waals surface area contributed by atoms with Crippen molar-refractivity contribution in [1.29, 1.82) is 0 Å². The van der Waals surface area contributed by atoms with Gasteiger partial charge in [-0.2, -0.15) is 0 Å². The Hall–Kier alpha value is -1.60. The van der Waals surface area contributed by atoms with Crippen LogP contribution in [0, 0.1) is 5.41 Å². The summed E-state index contributed by atoms with van der Waals surface area (Å²) in [5, 5.41) is 2.85. The fourth-order valence-corrected chi connectivity index (χ4v) is 2.27. The topological polar surface area (TPSA) is 104 Å². The third-order valence-electron chi connectivity index (χ3n) is 3.63. The highest BCUT2D eigenvalue weighted by Gasteiger charge is 2.30. The second-order valence-electron chi connectivity index (χ2n) is 5.03.